The molecule has 0 saturated carbocycles. The van der Waals surface area contributed by atoms with E-state index in [0.29, 0.717) is 12.0 Å². The standard InChI is InChI=1S/C22H39N7O2/c1-6-23-20(26-18-9-10-19-25-16(2)27-29(19)15-18)24-12-11-17-8-7-13-28(14-17)21(30)31-22(3,4)5/h17-18H,6-15H2,1-5H3,(H2,23,24,26). The molecule has 2 aliphatic heterocycles. The van der Waals surface area contributed by atoms with E-state index in [0.717, 1.165) is 82.4 Å². The number of aryl methyl sites for hydroxylation is 2. The Morgan fingerprint density at radius 3 is 2.84 bits per heavy atom. The van der Waals surface area contributed by atoms with Crippen molar-refractivity contribution in [3.05, 3.63) is 11.6 Å². The highest BCUT2D eigenvalue weighted by molar-refractivity contribution is 5.80. The average molecular weight is 434 g/mol. The highest BCUT2D eigenvalue weighted by Crippen LogP contribution is 2.22. The SMILES string of the molecule is CCNC(=NCCC1CCCN(C(=O)OC(C)(C)C)C1)NC1CCc2nc(C)nn2C1. The number of carbonyl (C=O) groups is 1. The van der Waals surface area contributed by atoms with Crippen LogP contribution >= 0.6 is 0 Å². The topological polar surface area (TPSA) is 96.7 Å². The lowest BCUT2D eigenvalue weighted by molar-refractivity contribution is 0.0163. The molecule has 9 heteroatoms. The first-order chi connectivity index (χ1) is 14.7. The number of piperidine rings is 1. The number of guanidine groups is 1. The van der Waals surface area contributed by atoms with E-state index in [1.54, 1.807) is 0 Å². The molecule has 0 bridgehead atoms. The molecule has 2 unspecified atom stereocenters. The summed E-state index contributed by atoms with van der Waals surface area (Å²) >= 11 is 0. The van der Waals surface area contributed by atoms with Crippen LogP contribution in [0.5, 0.6) is 0 Å². The number of likely N-dealkylation sites (tertiary alicyclic amines) is 1. The molecule has 1 amide bonds. The Labute approximate surface area is 186 Å². The van der Waals surface area contributed by atoms with Crippen molar-refractivity contribution in [2.45, 2.75) is 84.9 Å². The molecule has 1 aromatic heterocycles. The van der Waals surface area contributed by atoms with Gasteiger partial charge in [-0.05, 0) is 66.2 Å². The maximum Gasteiger partial charge on any atom is 0.410 e. The van der Waals surface area contributed by atoms with Gasteiger partial charge >= 0.3 is 6.09 Å². The Morgan fingerprint density at radius 1 is 1.29 bits per heavy atom. The van der Waals surface area contributed by atoms with Gasteiger partial charge in [0.15, 0.2) is 5.96 Å². The van der Waals surface area contributed by atoms with Gasteiger partial charge in [-0.2, -0.15) is 5.10 Å². The van der Waals surface area contributed by atoms with E-state index in [4.69, 9.17) is 9.73 Å². The zero-order valence-electron chi connectivity index (χ0n) is 19.8. The van der Waals surface area contributed by atoms with Gasteiger partial charge in [0.1, 0.15) is 17.2 Å². The number of amides is 1. The summed E-state index contributed by atoms with van der Waals surface area (Å²) in [5.41, 5.74) is -0.453. The zero-order valence-corrected chi connectivity index (χ0v) is 19.8. The Bertz CT molecular complexity index is 768. The normalized spacial score (nSPS) is 22.1. The summed E-state index contributed by atoms with van der Waals surface area (Å²) in [6.45, 7) is 13.7. The van der Waals surface area contributed by atoms with Crippen LogP contribution in [0.4, 0.5) is 4.79 Å². The lowest BCUT2D eigenvalue weighted by Gasteiger charge is -2.34. The molecule has 0 aromatic carbocycles. The number of aromatic nitrogens is 3. The fourth-order valence-electron chi connectivity index (χ4n) is 4.22. The lowest BCUT2D eigenvalue weighted by Crippen LogP contribution is -2.47. The van der Waals surface area contributed by atoms with Gasteiger partial charge < -0.3 is 20.3 Å². The first-order valence-electron chi connectivity index (χ1n) is 11.7. The molecule has 1 fully saturated rings. The third-order valence-corrected chi connectivity index (χ3v) is 5.63. The summed E-state index contributed by atoms with van der Waals surface area (Å²) in [5, 5.41) is 11.4. The van der Waals surface area contributed by atoms with Gasteiger partial charge in [0.25, 0.3) is 0 Å². The van der Waals surface area contributed by atoms with E-state index in [2.05, 4.69) is 27.6 Å². The van der Waals surface area contributed by atoms with Crippen LogP contribution in [0.25, 0.3) is 0 Å². The van der Waals surface area contributed by atoms with Crippen LogP contribution in [-0.4, -0.2) is 69.5 Å². The Balaban J connectivity index is 1.48. The largest absolute Gasteiger partial charge is 0.444 e. The van der Waals surface area contributed by atoms with Gasteiger partial charge in [-0.1, -0.05) is 0 Å². The number of nitrogens with zero attached hydrogens (tertiary/aromatic N) is 5. The smallest absolute Gasteiger partial charge is 0.410 e. The molecule has 174 valence electrons. The minimum Gasteiger partial charge on any atom is -0.444 e. The first-order valence-corrected chi connectivity index (χ1v) is 11.7. The van der Waals surface area contributed by atoms with Gasteiger partial charge in [0.05, 0.1) is 6.54 Å². The summed E-state index contributed by atoms with van der Waals surface area (Å²) in [6.07, 6.45) is 4.88. The second-order valence-electron chi connectivity index (χ2n) is 9.62. The molecule has 9 nitrogen and oxygen atoms in total. The van der Waals surface area contributed by atoms with Crippen molar-refractivity contribution in [3.8, 4) is 0 Å². The van der Waals surface area contributed by atoms with Crippen molar-refractivity contribution in [1.29, 1.82) is 0 Å². The third-order valence-electron chi connectivity index (χ3n) is 5.63. The number of hydrogen-bond acceptors (Lipinski definition) is 5. The van der Waals surface area contributed by atoms with Gasteiger partial charge in [-0.3, -0.25) is 4.99 Å². The van der Waals surface area contributed by atoms with Crippen LogP contribution in [-0.2, 0) is 17.7 Å². The summed E-state index contributed by atoms with van der Waals surface area (Å²) in [6, 6.07) is 0.295. The maximum atomic E-state index is 12.4. The molecule has 2 aliphatic rings. The number of aliphatic imine (C=N–C) groups is 1. The summed E-state index contributed by atoms with van der Waals surface area (Å²) in [5.74, 6) is 3.23. The number of fused-ring (bicyclic) bond motifs is 1. The van der Waals surface area contributed by atoms with Crippen molar-refractivity contribution < 1.29 is 9.53 Å². The van der Waals surface area contributed by atoms with Crippen molar-refractivity contribution in [2.24, 2.45) is 10.9 Å². The van der Waals surface area contributed by atoms with E-state index in [9.17, 15) is 4.79 Å². The van der Waals surface area contributed by atoms with Crippen LogP contribution < -0.4 is 10.6 Å². The number of rotatable bonds is 5. The van der Waals surface area contributed by atoms with E-state index in [1.165, 1.54) is 0 Å². The maximum absolute atomic E-state index is 12.4. The van der Waals surface area contributed by atoms with Crippen LogP contribution in [0.15, 0.2) is 4.99 Å². The van der Waals surface area contributed by atoms with E-state index in [1.807, 2.05) is 37.3 Å². The third kappa shape index (κ3) is 7.11. The summed E-state index contributed by atoms with van der Waals surface area (Å²) in [4.78, 5) is 23.5. The molecule has 3 rings (SSSR count). The quantitative estimate of drug-likeness (QED) is 0.547. The zero-order chi connectivity index (χ0) is 22.4. The molecule has 0 aliphatic carbocycles. The number of carbonyl (C=O) groups excluding carboxylic acids is 1. The molecule has 31 heavy (non-hydrogen) atoms. The molecule has 2 atom stereocenters. The molecule has 3 heterocycles. The predicted octanol–water partition coefficient (Wildman–Crippen LogP) is 2.49. The number of nitrogens with one attached hydrogen (secondary N) is 2. The lowest BCUT2D eigenvalue weighted by atomic mass is 9.95. The average Bonchev–Trinajstić information content (AvgIpc) is 3.06. The summed E-state index contributed by atoms with van der Waals surface area (Å²) < 4.78 is 7.55. The molecular formula is C22H39N7O2. The molecule has 1 saturated heterocycles. The van der Waals surface area contributed by atoms with Crippen molar-refractivity contribution in [1.82, 2.24) is 30.3 Å². The van der Waals surface area contributed by atoms with Crippen molar-refractivity contribution in [3.63, 3.8) is 0 Å². The molecule has 0 radical (unpaired) electrons. The van der Waals surface area contributed by atoms with Gasteiger partial charge in [0.2, 0.25) is 0 Å². The van der Waals surface area contributed by atoms with E-state index in [-0.39, 0.29) is 6.09 Å². The minimum absolute atomic E-state index is 0.198. The molecule has 2 N–H and O–H groups in total. The molecule has 0 spiro atoms. The molecular weight excluding hydrogens is 394 g/mol. The van der Waals surface area contributed by atoms with E-state index >= 15 is 0 Å². The minimum atomic E-state index is -0.453. The van der Waals surface area contributed by atoms with Crippen molar-refractivity contribution in [2.75, 3.05) is 26.2 Å². The fraction of sp³-hybridized carbons (Fsp3) is 0.818. The van der Waals surface area contributed by atoms with Gasteiger partial charge in [-0.25, -0.2) is 14.5 Å². The van der Waals surface area contributed by atoms with Crippen LogP contribution in [0.2, 0.25) is 0 Å². The Kier molecular flexibility index (Phi) is 7.78. The predicted molar refractivity (Wildman–Crippen MR) is 121 cm³/mol. The molecule has 1 aromatic rings. The summed E-state index contributed by atoms with van der Waals surface area (Å²) in [7, 11) is 0. The van der Waals surface area contributed by atoms with Gasteiger partial charge in [0, 0.05) is 38.6 Å². The number of hydrogen-bond donors (Lipinski definition) is 2. The second-order valence-corrected chi connectivity index (χ2v) is 9.62. The fourth-order valence-corrected chi connectivity index (χ4v) is 4.22. The van der Waals surface area contributed by atoms with E-state index < -0.39 is 5.60 Å². The first kappa shape index (κ1) is 23.3. The van der Waals surface area contributed by atoms with Crippen LogP contribution in [0.3, 0.4) is 0 Å². The highest BCUT2D eigenvalue weighted by Gasteiger charge is 2.27. The van der Waals surface area contributed by atoms with Crippen molar-refractivity contribution >= 4 is 12.1 Å². The second kappa shape index (κ2) is 10.3. The Hall–Kier alpha value is -2.32. The van der Waals surface area contributed by atoms with Crippen LogP contribution in [0.1, 0.15) is 65.0 Å². The highest BCUT2D eigenvalue weighted by atomic mass is 16.6. The van der Waals surface area contributed by atoms with Crippen LogP contribution in [0, 0.1) is 12.8 Å². The van der Waals surface area contributed by atoms with Gasteiger partial charge in [-0.15, -0.1) is 0 Å². The number of ether oxygens (including phenoxy) is 1. The monoisotopic (exact) mass is 433 g/mol. The Morgan fingerprint density at radius 2 is 2.10 bits per heavy atom.